The maximum Gasteiger partial charge on any atom is 0.224 e. The summed E-state index contributed by atoms with van der Waals surface area (Å²) in [6, 6.07) is 2.31. The molecule has 0 saturated carbocycles. The van der Waals surface area contributed by atoms with Crippen LogP contribution in [0.15, 0.2) is 11.4 Å². The van der Waals surface area contributed by atoms with Gasteiger partial charge in [-0.05, 0) is 36.3 Å². The second kappa shape index (κ2) is 5.41. The second-order valence-electron chi connectivity index (χ2n) is 5.42. The number of carbonyl (C=O) groups excluding carboxylic acids is 1. The first-order valence-corrected chi connectivity index (χ1v) is 7.50. The topological polar surface area (TPSA) is 46.3 Å². The zero-order valence-corrected chi connectivity index (χ0v) is 12.2. The summed E-state index contributed by atoms with van der Waals surface area (Å²) in [5.41, 5.74) is 7.32. The number of nitrogens with two attached hydrogens (primary N) is 1. The van der Waals surface area contributed by atoms with E-state index in [0.717, 1.165) is 13.0 Å². The largest absolute Gasteiger partial charge is 0.335 e. The summed E-state index contributed by atoms with van der Waals surface area (Å²) < 4.78 is 0. The van der Waals surface area contributed by atoms with E-state index < -0.39 is 0 Å². The van der Waals surface area contributed by atoms with Gasteiger partial charge in [-0.3, -0.25) is 4.79 Å². The van der Waals surface area contributed by atoms with Crippen LogP contribution in [0.3, 0.4) is 0 Å². The number of fused-ring (bicyclic) bond motifs is 1. The van der Waals surface area contributed by atoms with Crippen LogP contribution >= 0.6 is 11.3 Å². The molecular weight excluding hydrogens is 244 g/mol. The van der Waals surface area contributed by atoms with Gasteiger partial charge in [0.2, 0.25) is 5.91 Å². The van der Waals surface area contributed by atoms with E-state index in [1.54, 1.807) is 11.3 Å². The molecule has 1 aliphatic heterocycles. The van der Waals surface area contributed by atoms with Crippen molar-refractivity contribution in [1.82, 2.24) is 4.90 Å². The Morgan fingerprint density at radius 3 is 3.00 bits per heavy atom. The fourth-order valence-electron chi connectivity index (χ4n) is 2.40. The Bertz CT molecular complexity index is 427. The van der Waals surface area contributed by atoms with E-state index >= 15 is 0 Å². The van der Waals surface area contributed by atoms with Gasteiger partial charge < -0.3 is 10.6 Å². The van der Waals surface area contributed by atoms with Crippen molar-refractivity contribution in [3.63, 3.8) is 0 Å². The van der Waals surface area contributed by atoms with E-state index in [1.165, 1.54) is 10.4 Å². The van der Waals surface area contributed by atoms with Crippen molar-refractivity contribution in [1.29, 1.82) is 0 Å². The van der Waals surface area contributed by atoms with Gasteiger partial charge in [0.15, 0.2) is 0 Å². The van der Waals surface area contributed by atoms with Crippen LogP contribution in [-0.2, 0) is 11.2 Å². The van der Waals surface area contributed by atoms with Crippen LogP contribution in [0.4, 0.5) is 0 Å². The molecule has 2 atom stereocenters. The summed E-state index contributed by atoms with van der Waals surface area (Å²) >= 11 is 1.80. The highest BCUT2D eigenvalue weighted by atomic mass is 32.1. The normalized spacial score (nSPS) is 20.9. The van der Waals surface area contributed by atoms with Crippen molar-refractivity contribution in [2.45, 2.75) is 45.7 Å². The standard InChI is InChI=1S/C14H22N2OS/c1-9(2)12(15)8-14(17)16-6-4-13-11(10(16)3)5-7-18-13/h5,7,9-10,12H,4,6,8,15H2,1-3H3. The maximum absolute atomic E-state index is 12.3. The third kappa shape index (κ3) is 2.59. The van der Waals surface area contributed by atoms with Crippen LogP contribution in [0.1, 0.15) is 43.7 Å². The van der Waals surface area contributed by atoms with Crippen molar-refractivity contribution in [2.75, 3.05) is 6.54 Å². The van der Waals surface area contributed by atoms with Crippen molar-refractivity contribution in [3.05, 3.63) is 21.9 Å². The molecule has 1 aromatic rings. The van der Waals surface area contributed by atoms with E-state index in [4.69, 9.17) is 5.73 Å². The molecule has 0 aliphatic carbocycles. The number of hydrogen-bond acceptors (Lipinski definition) is 3. The maximum atomic E-state index is 12.3. The van der Waals surface area contributed by atoms with E-state index in [2.05, 4.69) is 32.2 Å². The van der Waals surface area contributed by atoms with Crippen molar-refractivity contribution in [2.24, 2.45) is 11.7 Å². The van der Waals surface area contributed by atoms with E-state index in [1.807, 2.05) is 4.90 Å². The molecule has 18 heavy (non-hydrogen) atoms. The first kappa shape index (κ1) is 13.6. The van der Waals surface area contributed by atoms with E-state index in [0.29, 0.717) is 12.3 Å². The quantitative estimate of drug-likeness (QED) is 0.914. The average molecular weight is 266 g/mol. The Labute approximate surface area is 113 Å². The Hall–Kier alpha value is -0.870. The predicted molar refractivity (Wildman–Crippen MR) is 75.6 cm³/mol. The minimum Gasteiger partial charge on any atom is -0.335 e. The molecular formula is C14H22N2OS. The Morgan fingerprint density at radius 1 is 1.61 bits per heavy atom. The third-order valence-corrected chi connectivity index (χ3v) is 4.86. The van der Waals surface area contributed by atoms with Crippen LogP contribution in [-0.4, -0.2) is 23.4 Å². The first-order valence-electron chi connectivity index (χ1n) is 6.62. The van der Waals surface area contributed by atoms with Gasteiger partial charge in [0, 0.05) is 23.9 Å². The average Bonchev–Trinajstić information content (AvgIpc) is 2.78. The zero-order chi connectivity index (χ0) is 13.3. The van der Waals surface area contributed by atoms with Crippen LogP contribution in [0, 0.1) is 5.92 Å². The summed E-state index contributed by atoms with van der Waals surface area (Å²) in [5, 5.41) is 2.12. The number of hydrogen-bond donors (Lipinski definition) is 1. The molecule has 0 radical (unpaired) electrons. The highest BCUT2D eigenvalue weighted by Crippen LogP contribution is 2.33. The lowest BCUT2D eigenvalue weighted by Gasteiger charge is -2.34. The molecule has 1 aromatic heterocycles. The van der Waals surface area contributed by atoms with Gasteiger partial charge in [-0.2, -0.15) is 0 Å². The highest BCUT2D eigenvalue weighted by Gasteiger charge is 2.29. The van der Waals surface area contributed by atoms with Gasteiger partial charge in [0.25, 0.3) is 0 Å². The smallest absolute Gasteiger partial charge is 0.224 e. The number of amides is 1. The Morgan fingerprint density at radius 2 is 2.33 bits per heavy atom. The molecule has 2 heterocycles. The van der Waals surface area contributed by atoms with E-state index in [9.17, 15) is 4.79 Å². The first-order chi connectivity index (χ1) is 8.50. The van der Waals surface area contributed by atoms with Crippen molar-refractivity contribution >= 4 is 17.2 Å². The molecule has 4 heteroatoms. The number of nitrogens with zero attached hydrogens (tertiary/aromatic N) is 1. The molecule has 1 amide bonds. The number of thiophene rings is 1. The van der Waals surface area contributed by atoms with Crippen LogP contribution < -0.4 is 5.73 Å². The third-order valence-electron chi connectivity index (χ3n) is 3.86. The van der Waals surface area contributed by atoms with Gasteiger partial charge in [-0.25, -0.2) is 0 Å². The van der Waals surface area contributed by atoms with Gasteiger partial charge in [0.1, 0.15) is 0 Å². The lowest BCUT2D eigenvalue weighted by atomic mass is 9.98. The molecule has 2 rings (SSSR count). The lowest BCUT2D eigenvalue weighted by Crippen LogP contribution is -2.42. The Balaban J connectivity index is 2.05. The predicted octanol–water partition coefficient (Wildman–Crippen LogP) is 2.57. The Kier molecular flexibility index (Phi) is 4.07. The fraction of sp³-hybridized carbons (Fsp3) is 0.643. The molecule has 0 spiro atoms. The minimum absolute atomic E-state index is 0.0337. The van der Waals surface area contributed by atoms with Gasteiger partial charge in [-0.15, -0.1) is 11.3 Å². The van der Waals surface area contributed by atoms with E-state index in [-0.39, 0.29) is 18.0 Å². The monoisotopic (exact) mass is 266 g/mol. The highest BCUT2D eigenvalue weighted by molar-refractivity contribution is 7.10. The molecule has 0 bridgehead atoms. The van der Waals surface area contributed by atoms with Crippen LogP contribution in [0.25, 0.3) is 0 Å². The van der Waals surface area contributed by atoms with Crippen molar-refractivity contribution in [3.8, 4) is 0 Å². The van der Waals surface area contributed by atoms with Gasteiger partial charge in [-0.1, -0.05) is 13.8 Å². The molecule has 0 aromatic carbocycles. The summed E-state index contributed by atoms with van der Waals surface area (Å²) in [6.45, 7) is 7.07. The molecule has 100 valence electrons. The lowest BCUT2D eigenvalue weighted by molar-refractivity contribution is -0.134. The molecule has 3 nitrogen and oxygen atoms in total. The fourth-order valence-corrected chi connectivity index (χ4v) is 3.37. The molecule has 0 fully saturated rings. The molecule has 1 aliphatic rings. The second-order valence-corrected chi connectivity index (χ2v) is 6.42. The summed E-state index contributed by atoms with van der Waals surface area (Å²) in [6.07, 6.45) is 1.45. The summed E-state index contributed by atoms with van der Waals surface area (Å²) in [4.78, 5) is 15.7. The summed E-state index contributed by atoms with van der Waals surface area (Å²) in [7, 11) is 0. The number of carbonyl (C=O) groups is 1. The number of rotatable bonds is 3. The summed E-state index contributed by atoms with van der Waals surface area (Å²) in [5.74, 6) is 0.548. The van der Waals surface area contributed by atoms with Crippen molar-refractivity contribution < 1.29 is 4.79 Å². The van der Waals surface area contributed by atoms with Gasteiger partial charge >= 0.3 is 0 Å². The molecule has 0 saturated heterocycles. The van der Waals surface area contributed by atoms with Crippen LogP contribution in [0.2, 0.25) is 0 Å². The molecule has 2 unspecified atom stereocenters. The minimum atomic E-state index is -0.0337. The molecule has 2 N–H and O–H groups in total. The zero-order valence-electron chi connectivity index (χ0n) is 11.3. The van der Waals surface area contributed by atoms with Crippen LogP contribution in [0.5, 0.6) is 0 Å². The van der Waals surface area contributed by atoms with Gasteiger partial charge in [0.05, 0.1) is 6.04 Å². The SMILES string of the molecule is CC(C)C(N)CC(=O)N1CCc2sccc2C1C.